The number of likely N-dealkylation sites (tertiary alicyclic amines) is 1. The summed E-state index contributed by atoms with van der Waals surface area (Å²) in [5.74, 6) is 2.44. The Morgan fingerprint density at radius 3 is 2.46 bits per heavy atom. The Bertz CT molecular complexity index is 588. The minimum atomic E-state index is 0. The molecule has 0 amide bonds. The van der Waals surface area contributed by atoms with Gasteiger partial charge in [0.25, 0.3) is 0 Å². The number of rotatable bonds is 9. The number of hydrogen-bond acceptors (Lipinski definition) is 3. The van der Waals surface area contributed by atoms with Crippen molar-refractivity contribution in [3.63, 3.8) is 0 Å². The molecule has 1 aromatic carbocycles. The van der Waals surface area contributed by atoms with E-state index in [4.69, 9.17) is 9.73 Å². The summed E-state index contributed by atoms with van der Waals surface area (Å²) in [5, 5.41) is 12.9. The summed E-state index contributed by atoms with van der Waals surface area (Å²) >= 11 is 0. The lowest BCUT2D eigenvalue weighted by atomic mass is 9.79. The number of guanidine groups is 1. The summed E-state index contributed by atoms with van der Waals surface area (Å²) in [6.45, 7) is 10.4. The van der Waals surface area contributed by atoms with Gasteiger partial charge in [-0.25, -0.2) is 0 Å². The maximum Gasteiger partial charge on any atom is 0.193 e. The van der Waals surface area contributed by atoms with E-state index in [2.05, 4.69) is 43.1 Å². The summed E-state index contributed by atoms with van der Waals surface area (Å²) in [6, 6.07) is 8.45. The van der Waals surface area contributed by atoms with Crippen molar-refractivity contribution in [3.05, 3.63) is 29.8 Å². The fourth-order valence-corrected chi connectivity index (χ4v) is 3.91. The molecule has 6 heteroatoms. The highest BCUT2D eigenvalue weighted by Crippen LogP contribution is 2.32. The highest BCUT2D eigenvalue weighted by molar-refractivity contribution is 14.0. The zero-order valence-corrected chi connectivity index (χ0v) is 20.2. The van der Waals surface area contributed by atoms with E-state index in [1.165, 1.54) is 5.56 Å². The van der Waals surface area contributed by atoms with Crippen LogP contribution in [0.15, 0.2) is 29.3 Å². The molecule has 1 heterocycles. The third-order valence-electron chi connectivity index (χ3n) is 6.12. The third kappa shape index (κ3) is 6.51. The Hall–Kier alpha value is -1.02. The Morgan fingerprint density at radius 2 is 1.93 bits per heavy atom. The lowest BCUT2D eigenvalue weighted by Gasteiger charge is -2.30. The van der Waals surface area contributed by atoms with Gasteiger partial charge in [0, 0.05) is 38.7 Å². The summed E-state index contributed by atoms with van der Waals surface area (Å²) < 4.78 is 5.27. The molecule has 1 fully saturated rings. The zero-order valence-electron chi connectivity index (χ0n) is 17.9. The number of aliphatic hydroxyl groups is 1. The number of aliphatic imine (C=N–C) groups is 1. The Balaban J connectivity index is 0.00000392. The third-order valence-corrected chi connectivity index (χ3v) is 6.12. The van der Waals surface area contributed by atoms with Gasteiger partial charge < -0.3 is 20.1 Å². The second-order valence-corrected chi connectivity index (χ2v) is 7.56. The molecule has 5 nitrogen and oxygen atoms in total. The van der Waals surface area contributed by atoms with Gasteiger partial charge in [-0.2, -0.15) is 0 Å². The number of nitrogens with one attached hydrogen (secondary N) is 1. The highest BCUT2D eigenvalue weighted by Gasteiger charge is 2.28. The minimum Gasteiger partial charge on any atom is -0.497 e. The van der Waals surface area contributed by atoms with E-state index in [1.807, 2.05) is 12.1 Å². The van der Waals surface area contributed by atoms with E-state index in [-0.39, 0.29) is 36.0 Å². The number of methoxy groups -OCH3 is 1. The Morgan fingerprint density at radius 1 is 1.25 bits per heavy atom. The molecule has 1 aliphatic heterocycles. The van der Waals surface area contributed by atoms with Crippen molar-refractivity contribution in [2.24, 2.45) is 10.4 Å². The van der Waals surface area contributed by atoms with Gasteiger partial charge in [-0.3, -0.25) is 4.99 Å². The molecule has 0 aliphatic carbocycles. The molecule has 28 heavy (non-hydrogen) atoms. The van der Waals surface area contributed by atoms with Crippen LogP contribution in [0.25, 0.3) is 0 Å². The smallest absolute Gasteiger partial charge is 0.193 e. The van der Waals surface area contributed by atoms with Crippen molar-refractivity contribution in [1.82, 2.24) is 10.2 Å². The normalized spacial score (nSPS) is 17.4. The van der Waals surface area contributed by atoms with E-state index >= 15 is 0 Å². The standard InChI is InChI=1S/C22H37N3O2.HI/c1-5-22(6-2,13-15-26)17-24-21(23-7-3)25-14-12-19(16-25)18-8-10-20(27-4)11-9-18;/h8-11,19,26H,5-7,12-17H2,1-4H3,(H,23,24);1H. The number of benzene rings is 1. The Kier molecular flexibility index (Phi) is 11.2. The van der Waals surface area contributed by atoms with Crippen LogP contribution in [0.3, 0.4) is 0 Å². The molecule has 1 aliphatic rings. The molecule has 0 radical (unpaired) electrons. The average Bonchev–Trinajstić information content (AvgIpc) is 3.20. The van der Waals surface area contributed by atoms with Crippen molar-refractivity contribution < 1.29 is 9.84 Å². The summed E-state index contributed by atoms with van der Waals surface area (Å²) in [7, 11) is 1.70. The van der Waals surface area contributed by atoms with Crippen LogP contribution < -0.4 is 10.1 Å². The van der Waals surface area contributed by atoms with Crippen LogP contribution in [0.4, 0.5) is 0 Å². The van der Waals surface area contributed by atoms with Crippen LogP contribution in [0.5, 0.6) is 5.75 Å². The molecule has 2 N–H and O–H groups in total. The first-order valence-corrected chi connectivity index (χ1v) is 10.4. The minimum absolute atomic E-state index is 0. The fraction of sp³-hybridized carbons (Fsp3) is 0.682. The van der Waals surface area contributed by atoms with E-state index < -0.39 is 0 Å². The van der Waals surface area contributed by atoms with Gasteiger partial charge in [0.1, 0.15) is 5.75 Å². The molecular formula is C22H38IN3O2. The average molecular weight is 503 g/mol. The van der Waals surface area contributed by atoms with Crippen LogP contribution >= 0.6 is 24.0 Å². The quantitative estimate of drug-likeness (QED) is 0.301. The number of ether oxygens (including phenoxy) is 1. The maximum atomic E-state index is 9.46. The number of halogens is 1. The maximum absolute atomic E-state index is 9.46. The monoisotopic (exact) mass is 503 g/mol. The van der Waals surface area contributed by atoms with Gasteiger partial charge >= 0.3 is 0 Å². The van der Waals surface area contributed by atoms with Crippen LogP contribution in [-0.4, -0.2) is 55.9 Å². The molecule has 160 valence electrons. The Labute approximate surface area is 188 Å². The van der Waals surface area contributed by atoms with Crippen molar-refractivity contribution in [2.45, 2.75) is 52.4 Å². The molecule has 0 aromatic heterocycles. The first kappa shape index (κ1) is 25.0. The van der Waals surface area contributed by atoms with Crippen LogP contribution in [0.1, 0.15) is 57.9 Å². The summed E-state index contributed by atoms with van der Waals surface area (Å²) in [6.07, 6.45) is 4.04. The predicted octanol–water partition coefficient (Wildman–Crippen LogP) is 4.26. The lowest BCUT2D eigenvalue weighted by molar-refractivity contribution is 0.175. The van der Waals surface area contributed by atoms with Gasteiger partial charge in [-0.1, -0.05) is 26.0 Å². The zero-order chi connectivity index (χ0) is 19.7. The van der Waals surface area contributed by atoms with E-state index in [1.54, 1.807) is 7.11 Å². The largest absolute Gasteiger partial charge is 0.497 e. The van der Waals surface area contributed by atoms with Crippen molar-refractivity contribution >= 4 is 29.9 Å². The van der Waals surface area contributed by atoms with Crippen LogP contribution in [0.2, 0.25) is 0 Å². The van der Waals surface area contributed by atoms with Gasteiger partial charge in [0.05, 0.1) is 7.11 Å². The van der Waals surface area contributed by atoms with E-state index in [0.717, 1.165) is 63.6 Å². The van der Waals surface area contributed by atoms with Gasteiger partial charge in [0.15, 0.2) is 5.96 Å². The molecule has 1 atom stereocenters. The van der Waals surface area contributed by atoms with E-state index in [9.17, 15) is 5.11 Å². The van der Waals surface area contributed by atoms with Gasteiger partial charge in [-0.05, 0) is 55.7 Å². The topological polar surface area (TPSA) is 57.1 Å². The molecule has 2 rings (SSSR count). The van der Waals surface area contributed by atoms with Gasteiger partial charge in [-0.15, -0.1) is 24.0 Å². The first-order valence-electron chi connectivity index (χ1n) is 10.4. The van der Waals surface area contributed by atoms with Crippen LogP contribution in [0, 0.1) is 5.41 Å². The molecule has 1 unspecified atom stereocenters. The second-order valence-electron chi connectivity index (χ2n) is 7.56. The van der Waals surface area contributed by atoms with Crippen molar-refractivity contribution in [2.75, 3.05) is 39.9 Å². The van der Waals surface area contributed by atoms with Crippen LogP contribution in [-0.2, 0) is 0 Å². The summed E-state index contributed by atoms with van der Waals surface area (Å²) in [5.41, 5.74) is 1.47. The molecule has 0 bridgehead atoms. The lowest BCUT2D eigenvalue weighted by Crippen LogP contribution is -2.41. The first-order chi connectivity index (χ1) is 13.1. The number of nitrogens with zero attached hydrogens (tertiary/aromatic N) is 2. The van der Waals surface area contributed by atoms with Crippen molar-refractivity contribution in [1.29, 1.82) is 0 Å². The molecule has 1 saturated heterocycles. The highest BCUT2D eigenvalue weighted by atomic mass is 127. The van der Waals surface area contributed by atoms with Gasteiger partial charge in [0.2, 0.25) is 0 Å². The SMILES string of the molecule is CCNC(=NCC(CC)(CC)CCO)N1CCC(c2ccc(OC)cc2)C1.I. The molecular weight excluding hydrogens is 465 g/mol. The predicted molar refractivity (Wildman–Crippen MR) is 128 cm³/mol. The number of hydrogen-bond donors (Lipinski definition) is 2. The fourth-order valence-electron chi connectivity index (χ4n) is 3.91. The second kappa shape index (κ2) is 12.5. The summed E-state index contributed by atoms with van der Waals surface area (Å²) in [4.78, 5) is 7.37. The molecule has 0 saturated carbocycles. The molecule has 0 spiro atoms. The van der Waals surface area contributed by atoms with Crippen molar-refractivity contribution in [3.8, 4) is 5.75 Å². The number of aliphatic hydroxyl groups excluding tert-OH is 1. The van der Waals surface area contributed by atoms with E-state index in [0.29, 0.717) is 5.92 Å². The molecule has 1 aromatic rings.